The van der Waals surface area contributed by atoms with Crippen molar-refractivity contribution in [3.8, 4) is 0 Å². The minimum Gasteiger partial charge on any atom is -0.457 e. The first-order valence-corrected chi connectivity index (χ1v) is 7.02. The molecule has 0 bridgehead atoms. The van der Waals surface area contributed by atoms with E-state index in [0.29, 0.717) is 20.3 Å². The Morgan fingerprint density at radius 1 is 1.32 bits per heavy atom. The fourth-order valence-corrected chi connectivity index (χ4v) is 2.32. The molecule has 3 nitrogen and oxygen atoms in total. The van der Waals surface area contributed by atoms with Crippen LogP contribution in [0.1, 0.15) is 28.9 Å². The fourth-order valence-electron chi connectivity index (χ4n) is 1.60. The lowest BCUT2D eigenvalue weighted by molar-refractivity contribution is 0.0938. The van der Waals surface area contributed by atoms with Crippen LogP contribution < -0.4 is 5.32 Å². The Morgan fingerprint density at radius 2 is 2.05 bits per heavy atom. The van der Waals surface area contributed by atoms with E-state index >= 15 is 0 Å². The van der Waals surface area contributed by atoms with Gasteiger partial charge in [-0.2, -0.15) is 0 Å². The maximum absolute atomic E-state index is 12.0. The molecule has 1 atom stereocenters. The highest BCUT2D eigenvalue weighted by molar-refractivity contribution is 9.10. The van der Waals surface area contributed by atoms with E-state index < -0.39 is 0 Å². The van der Waals surface area contributed by atoms with Crippen LogP contribution in [0.4, 0.5) is 0 Å². The van der Waals surface area contributed by atoms with Gasteiger partial charge in [0.1, 0.15) is 0 Å². The number of amides is 1. The Kier molecular flexibility index (Phi) is 4.55. The Hall–Kier alpha value is -0.970. The van der Waals surface area contributed by atoms with Crippen molar-refractivity contribution in [1.82, 2.24) is 5.32 Å². The second kappa shape index (κ2) is 5.99. The summed E-state index contributed by atoms with van der Waals surface area (Å²) in [5.41, 5.74) is 1.33. The monoisotopic (exact) mass is 361 g/mol. The van der Waals surface area contributed by atoms with Crippen LogP contribution in [0, 0.1) is 0 Å². The van der Waals surface area contributed by atoms with Gasteiger partial charge in [-0.3, -0.25) is 4.79 Å². The maximum Gasteiger partial charge on any atom is 0.256 e. The lowest BCUT2D eigenvalue weighted by atomic mass is 10.1. The van der Waals surface area contributed by atoms with E-state index in [1.165, 1.54) is 6.26 Å². The molecular weight excluding hydrogens is 353 g/mol. The van der Waals surface area contributed by atoms with Gasteiger partial charge in [-0.25, -0.2) is 0 Å². The molecule has 0 aliphatic carbocycles. The third kappa shape index (κ3) is 3.32. The summed E-state index contributed by atoms with van der Waals surface area (Å²) in [6, 6.07) is 6.67. The molecule has 2 rings (SSSR count). The van der Waals surface area contributed by atoms with Crippen LogP contribution in [0.3, 0.4) is 0 Å². The van der Waals surface area contributed by atoms with Crippen molar-refractivity contribution in [2.45, 2.75) is 13.0 Å². The number of hydrogen-bond acceptors (Lipinski definition) is 2. The molecule has 1 aromatic heterocycles. The molecule has 1 aromatic carbocycles. The van der Waals surface area contributed by atoms with Crippen LogP contribution in [-0.2, 0) is 0 Å². The first-order valence-electron chi connectivity index (χ1n) is 5.48. The highest BCUT2D eigenvalue weighted by Crippen LogP contribution is 2.26. The number of nitrogens with one attached hydrogen (secondary N) is 1. The molecule has 0 saturated carbocycles. The van der Waals surface area contributed by atoms with E-state index in [1.807, 2.05) is 13.0 Å². The third-order valence-corrected chi connectivity index (χ3v) is 4.01. The van der Waals surface area contributed by atoms with Crippen molar-refractivity contribution >= 4 is 45.0 Å². The molecule has 1 amide bonds. The van der Waals surface area contributed by atoms with E-state index in [-0.39, 0.29) is 11.9 Å². The van der Waals surface area contributed by atoms with Crippen LogP contribution >= 0.6 is 39.1 Å². The van der Waals surface area contributed by atoms with Gasteiger partial charge in [0, 0.05) is 0 Å². The summed E-state index contributed by atoms with van der Waals surface area (Å²) in [6.07, 6.45) is 1.45. The topological polar surface area (TPSA) is 42.2 Å². The predicted molar refractivity (Wildman–Crippen MR) is 78.8 cm³/mol. The standard InChI is InChI=1S/C13H10BrCl2NO2/c1-7(8-2-3-10(15)11(16)6-8)17-13(18)9-4-5-19-12(9)14/h2-7H,1H3,(H,17,18). The largest absolute Gasteiger partial charge is 0.457 e. The molecule has 0 spiro atoms. The van der Waals surface area contributed by atoms with Crippen molar-refractivity contribution in [3.63, 3.8) is 0 Å². The Balaban J connectivity index is 2.13. The van der Waals surface area contributed by atoms with E-state index in [1.54, 1.807) is 18.2 Å². The van der Waals surface area contributed by atoms with Crippen molar-refractivity contribution in [3.05, 3.63) is 56.4 Å². The van der Waals surface area contributed by atoms with Crippen molar-refractivity contribution in [2.75, 3.05) is 0 Å². The minimum absolute atomic E-state index is 0.191. The number of hydrogen-bond donors (Lipinski definition) is 1. The lowest BCUT2D eigenvalue weighted by Gasteiger charge is -2.14. The molecule has 0 radical (unpaired) electrons. The summed E-state index contributed by atoms with van der Waals surface area (Å²) < 4.78 is 5.43. The summed E-state index contributed by atoms with van der Waals surface area (Å²) >= 11 is 15.0. The Morgan fingerprint density at radius 3 is 2.63 bits per heavy atom. The van der Waals surface area contributed by atoms with Gasteiger partial charge in [0.25, 0.3) is 5.91 Å². The maximum atomic E-state index is 12.0. The summed E-state index contributed by atoms with van der Waals surface area (Å²) in [6.45, 7) is 1.87. The summed E-state index contributed by atoms with van der Waals surface area (Å²) in [5.74, 6) is -0.223. The third-order valence-electron chi connectivity index (χ3n) is 2.65. The van der Waals surface area contributed by atoms with Gasteiger partial charge < -0.3 is 9.73 Å². The van der Waals surface area contributed by atoms with Gasteiger partial charge in [-0.1, -0.05) is 29.3 Å². The van der Waals surface area contributed by atoms with Gasteiger partial charge in [0.2, 0.25) is 0 Å². The van der Waals surface area contributed by atoms with Crippen molar-refractivity contribution in [2.24, 2.45) is 0 Å². The minimum atomic E-state index is -0.223. The highest BCUT2D eigenvalue weighted by Gasteiger charge is 2.16. The quantitative estimate of drug-likeness (QED) is 0.848. The van der Waals surface area contributed by atoms with Gasteiger partial charge in [-0.05, 0) is 46.6 Å². The first-order chi connectivity index (χ1) is 8.99. The average molecular weight is 363 g/mol. The molecular formula is C13H10BrCl2NO2. The Bertz CT molecular complexity index is 612. The van der Waals surface area contributed by atoms with Gasteiger partial charge in [0.05, 0.1) is 27.9 Å². The smallest absolute Gasteiger partial charge is 0.256 e. The van der Waals surface area contributed by atoms with Crippen molar-refractivity contribution < 1.29 is 9.21 Å². The summed E-state index contributed by atoms with van der Waals surface area (Å²) in [7, 11) is 0. The molecule has 100 valence electrons. The van der Waals surface area contributed by atoms with E-state index in [4.69, 9.17) is 27.6 Å². The number of carbonyl (C=O) groups is 1. The van der Waals surface area contributed by atoms with Gasteiger partial charge >= 0.3 is 0 Å². The molecule has 1 unspecified atom stereocenters. The average Bonchev–Trinajstić information content (AvgIpc) is 2.79. The molecule has 19 heavy (non-hydrogen) atoms. The molecule has 0 saturated heterocycles. The van der Waals surface area contributed by atoms with Crippen LogP contribution in [-0.4, -0.2) is 5.91 Å². The lowest BCUT2D eigenvalue weighted by Crippen LogP contribution is -2.26. The van der Waals surface area contributed by atoms with E-state index in [9.17, 15) is 4.79 Å². The second-order valence-corrected chi connectivity index (χ2v) is 5.51. The fraction of sp³-hybridized carbons (Fsp3) is 0.154. The molecule has 1 N–H and O–H groups in total. The van der Waals surface area contributed by atoms with Gasteiger partial charge in [0.15, 0.2) is 4.67 Å². The normalized spacial score (nSPS) is 12.2. The number of rotatable bonds is 3. The Labute approximate surface area is 129 Å². The SMILES string of the molecule is CC(NC(=O)c1ccoc1Br)c1ccc(Cl)c(Cl)c1. The number of carbonyl (C=O) groups excluding carboxylic acids is 1. The van der Waals surface area contributed by atoms with E-state index in [0.717, 1.165) is 5.56 Å². The highest BCUT2D eigenvalue weighted by atomic mass is 79.9. The van der Waals surface area contributed by atoms with Crippen LogP contribution in [0.5, 0.6) is 0 Å². The number of halogens is 3. The molecule has 6 heteroatoms. The second-order valence-electron chi connectivity index (χ2n) is 3.98. The molecule has 0 fully saturated rings. The molecule has 0 aliphatic heterocycles. The van der Waals surface area contributed by atoms with Crippen LogP contribution in [0.2, 0.25) is 10.0 Å². The molecule has 0 aliphatic rings. The van der Waals surface area contributed by atoms with Crippen LogP contribution in [0.25, 0.3) is 0 Å². The zero-order valence-corrected chi connectivity index (χ0v) is 13.0. The molecule has 1 heterocycles. The predicted octanol–water partition coefficient (Wildman–Crippen LogP) is 4.84. The zero-order valence-electron chi connectivity index (χ0n) is 9.91. The van der Waals surface area contributed by atoms with E-state index in [2.05, 4.69) is 21.2 Å². The van der Waals surface area contributed by atoms with Gasteiger partial charge in [-0.15, -0.1) is 0 Å². The first kappa shape index (κ1) is 14.4. The molecule has 2 aromatic rings. The summed E-state index contributed by atoms with van der Waals surface area (Å²) in [5, 5.41) is 3.81. The zero-order chi connectivity index (χ0) is 14.0. The number of benzene rings is 1. The van der Waals surface area contributed by atoms with Crippen LogP contribution in [0.15, 0.2) is 39.6 Å². The number of furan rings is 1. The van der Waals surface area contributed by atoms with Crippen molar-refractivity contribution in [1.29, 1.82) is 0 Å². The summed E-state index contributed by atoms with van der Waals surface area (Å²) in [4.78, 5) is 12.0.